The average Bonchev–Trinajstić information content (AvgIpc) is 2.25. The molecule has 0 saturated heterocycles. The molecule has 1 rings (SSSR count). The van der Waals surface area contributed by atoms with Crippen molar-refractivity contribution < 1.29 is 0 Å². The van der Waals surface area contributed by atoms with Gasteiger partial charge in [0.2, 0.25) is 0 Å². The summed E-state index contributed by atoms with van der Waals surface area (Å²) in [6, 6.07) is 9.45. The van der Waals surface area contributed by atoms with Gasteiger partial charge in [0.25, 0.3) is 0 Å². The predicted octanol–water partition coefficient (Wildman–Crippen LogP) is 4.34. The van der Waals surface area contributed by atoms with Gasteiger partial charge in [-0.3, -0.25) is 0 Å². The molecule has 0 aliphatic heterocycles. The number of hydrogen-bond acceptors (Lipinski definition) is 1. The number of nitrogens with one attached hydrogen (secondary N) is 1. The molecular formula is C17H29N. The van der Waals surface area contributed by atoms with Crippen LogP contribution >= 0.6 is 0 Å². The molecule has 0 saturated carbocycles. The van der Waals surface area contributed by atoms with Crippen LogP contribution in [-0.2, 0) is 6.42 Å². The first kappa shape index (κ1) is 15.2. The molecule has 0 aliphatic carbocycles. The molecule has 1 nitrogen and oxygen atoms in total. The summed E-state index contributed by atoms with van der Waals surface area (Å²) in [5.74, 6) is 0. The third kappa shape index (κ3) is 6.80. The molecule has 18 heavy (non-hydrogen) atoms. The molecule has 0 fully saturated rings. The maximum atomic E-state index is 3.62. The number of benzene rings is 1. The van der Waals surface area contributed by atoms with Crippen LogP contribution < -0.4 is 5.32 Å². The fourth-order valence-electron chi connectivity index (χ4n) is 2.05. The van der Waals surface area contributed by atoms with Crippen molar-refractivity contribution in [3.8, 4) is 0 Å². The Kier molecular flexibility index (Phi) is 5.87. The van der Waals surface area contributed by atoms with E-state index in [2.05, 4.69) is 64.2 Å². The Morgan fingerprint density at radius 2 is 1.94 bits per heavy atom. The Morgan fingerprint density at radius 1 is 1.22 bits per heavy atom. The summed E-state index contributed by atoms with van der Waals surface area (Å²) >= 11 is 0. The third-order valence-corrected chi connectivity index (χ3v) is 3.32. The number of aryl methyl sites for hydroxylation is 2. The van der Waals surface area contributed by atoms with E-state index in [0.29, 0.717) is 11.5 Å². The van der Waals surface area contributed by atoms with E-state index >= 15 is 0 Å². The van der Waals surface area contributed by atoms with Crippen LogP contribution in [-0.4, -0.2) is 12.6 Å². The van der Waals surface area contributed by atoms with Gasteiger partial charge in [-0.25, -0.2) is 0 Å². The maximum Gasteiger partial charge on any atom is 0.00418 e. The molecule has 1 atom stereocenters. The van der Waals surface area contributed by atoms with Crippen molar-refractivity contribution in [2.75, 3.05) is 6.54 Å². The lowest BCUT2D eigenvalue weighted by Crippen LogP contribution is -2.29. The standard InChI is InChI=1S/C17H29N/c1-14-7-6-8-16(13-14)10-9-15(2)18-12-11-17(3,4)5/h6-8,13,15,18H,9-12H2,1-5H3. The summed E-state index contributed by atoms with van der Waals surface area (Å²) in [5, 5.41) is 3.62. The highest BCUT2D eigenvalue weighted by molar-refractivity contribution is 5.22. The summed E-state index contributed by atoms with van der Waals surface area (Å²) in [7, 11) is 0. The zero-order chi connectivity index (χ0) is 13.6. The molecule has 0 aliphatic rings. The molecule has 0 amide bonds. The van der Waals surface area contributed by atoms with E-state index in [-0.39, 0.29) is 0 Å². The van der Waals surface area contributed by atoms with Crippen molar-refractivity contribution in [1.82, 2.24) is 5.32 Å². The Labute approximate surface area is 113 Å². The summed E-state index contributed by atoms with van der Waals surface area (Å²) in [6.45, 7) is 12.5. The molecule has 1 aromatic carbocycles. The second-order valence-electron chi connectivity index (χ2n) is 6.69. The zero-order valence-electron chi connectivity index (χ0n) is 12.7. The van der Waals surface area contributed by atoms with Crippen molar-refractivity contribution in [3.63, 3.8) is 0 Å². The fraction of sp³-hybridized carbons (Fsp3) is 0.647. The van der Waals surface area contributed by atoms with Crippen LogP contribution in [0.3, 0.4) is 0 Å². The third-order valence-electron chi connectivity index (χ3n) is 3.32. The summed E-state index contributed by atoms with van der Waals surface area (Å²) < 4.78 is 0. The van der Waals surface area contributed by atoms with E-state index in [4.69, 9.17) is 0 Å². The van der Waals surface area contributed by atoms with Gasteiger partial charge in [0.15, 0.2) is 0 Å². The van der Waals surface area contributed by atoms with Gasteiger partial charge >= 0.3 is 0 Å². The fourth-order valence-corrected chi connectivity index (χ4v) is 2.05. The van der Waals surface area contributed by atoms with Crippen LogP contribution in [0.25, 0.3) is 0 Å². The largest absolute Gasteiger partial charge is 0.314 e. The first-order valence-electron chi connectivity index (χ1n) is 7.16. The highest BCUT2D eigenvalue weighted by Gasteiger charge is 2.10. The van der Waals surface area contributed by atoms with Gasteiger partial charge < -0.3 is 5.32 Å². The smallest absolute Gasteiger partial charge is 0.00418 e. The maximum absolute atomic E-state index is 3.62. The lowest BCUT2D eigenvalue weighted by molar-refractivity contribution is 0.353. The van der Waals surface area contributed by atoms with E-state index in [1.165, 1.54) is 30.4 Å². The Bertz CT molecular complexity index is 349. The molecule has 0 heterocycles. The van der Waals surface area contributed by atoms with Crippen molar-refractivity contribution in [3.05, 3.63) is 35.4 Å². The summed E-state index contributed by atoms with van der Waals surface area (Å²) in [4.78, 5) is 0. The molecule has 0 radical (unpaired) electrons. The molecule has 1 N–H and O–H groups in total. The van der Waals surface area contributed by atoms with Crippen molar-refractivity contribution in [2.45, 2.75) is 59.9 Å². The number of hydrogen-bond donors (Lipinski definition) is 1. The molecule has 0 bridgehead atoms. The first-order chi connectivity index (χ1) is 8.37. The van der Waals surface area contributed by atoms with Crippen LogP contribution in [0.1, 0.15) is 51.7 Å². The number of rotatable bonds is 6. The lowest BCUT2D eigenvalue weighted by atomic mass is 9.92. The minimum absolute atomic E-state index is 0.434. The zero-order valence-corrected chi connectivity index (χ0v) is 12.7. The summed E-state index contributed by atoms with van der Waals surface area (Å²) in [6.07, 6.45) is 3.63. The van der Waals surface area contributed by atoms with Crippen molar-refractivity contribution in [2.24, 2.45) is 5.41 Å². The van der Waals surface area contributed by atoms with E-state index in [1.807, 2.05) is 0 Å². The van der Waals surface area contributed by atoms with Gasteiger partial charge in [0, 0.05) is 6.04 Å². The van der Waals surface area contributed by atoms with Gasteiger partial charge in [-0.2, -0.15) is 0 Å². The minimum Gasteiger partial charge on any atom is -0.314 e. The molecule has 1 heteroatoms. The highest BCUT2D eigenvalue weighted by atomic mass is 14.9. The van der Waals surface area contributed by atoms with Gasteiger partial charge in [-0.15, -0.1) is 0 Å². The van der Waals surface area contributed by atoms with Crippen LogP contribution in [0.4, 0.5) is 0 Å². The molecule has 1 aromatic rings. The van der Waals surface area contributed by atoms with Crippen LogP contribution in [0.5, 0.6) is 0 Å². The SMILES string of the molecule is Cc1cccc(CCC(C)NCCC(C)(C)C)c1. The van der Waals surface area contributed by atoms with Gasteiger partial charge in [0.1, 0.15) is 0 Å². The Balaban J connectivity index is 2.23. The highest BCUT2D eigenvalue weighted by Crippen LogP contribution is 2.17. The van der Waals surface area contributed by atoms with Crippen molar-refractivity contribution in [1.29, 1.82) is 0 Å². The second-order valence-corrected chi connectivity index (χ2v) is 6.69. The van der Waals surface area contributed by atoms with Crippen molar-refractivity contribution >= 4 is 0 Å². The molecule has 102 valence electrons. The quantitative estimate of drug-likeness (QED) is 0.788. The van der Waals surface area contributed by atoms with Gasteiger partial charge in [-0.05, 0) is 50.6 Å². The van der Waals surface area contributed by atoms with Gasteiger partial charge in [-0.1, -0.05) is 50.6 Å². The first-order valence-corrected chi connectivity index (χ1v) is 7.16. The monoisotopic (exact) mass is 247 g/mol. The van der Waals surface area contributed by atoms with E-state index < -0.39 is 0 Å². The Hall–Kier alpha value is -0.820. The minimum atomic E-state index is 0.434. The van der Waals surface area contributed by atoms with Crippen LogP contribution in [0.15, 0.2) is 24.3 Å². The van der Waals surface area contributed by atoms with E-state index in [0.717, 1.165) is 6.54 Å². The summed E-state index contributed by atoms with van der Waals surface area (Å²) in [5.41, 5.74) is 3.25. The van der Waals surface area contributed by atoms with E-state index in [9.17, 15) is 0 Å². The molecule has 0 spiro atoms. The molecular weight excluding hydrogens is 218 g/mol. The molecule has 1 unspecified atom stereocenters. The average molecular weight is 247 g/mol. The van der Waals surface area contributed by atoms with Crippen LogP contribution in [0, 0.1) is 12.3 Å². The predicted molar refractivity (Wildman–Crippen MR) is 81.0 cm³/mol. The van der Waals surface area contributed by atoms with Gasteiger partial charge in [0.05, 0.1) is 0 Å². The molecule has 0 aromatic heterocycles. The Morgan fingerprint density at radius 3 is 2.56 bits per heavy atom. The van der Waals surface area contributed by atoms with E-state index in [1.54, 1.807) is 0 Å². The normalized spacial score (nSPS) is 13.6. The lowest BCUT2D eigenvalue weighted by Gasteiger charge is -2.20. The topological polar surface area (TPSA) is 12.0 Å². The van der Waals surface area contributed by atoms with Crippen LogP contribution in [0.2, 0.25) is 0 Å². The second kappa shape index (κ2) is 6.94.